The van der Waals surface area contributed by atoms with Crippen LogP contribution in [0.4, 0.5) is 0 Å². The number of hydrogen-bond donors (Lipinski definition) is 0. The molecule has 0 radical (unpaired) electrons. The number of ether oxygens (including phenoxy) is 1. The first kappa shape index (κ1) is 17.0. The highest BCUT2D eigenvalue weighted by molar-refractivity contribution is 5.76. The van der Waals surface area contributed by atoms with Gasteiger partial charge < -0.3 is 9.64 Å². The van der Waals surface area contributed by atoms with Gasteiger partial charge in [0.2, 0.25) is 5.91 Å². The maximum atomic E-state index is 12.7. The zero-order valence-electron chi connectivity index (χ0n) is 14.8. The molecule has 6 heteroatoms. The molecule has 0 spiro atoms. The Bertz CT molecular complexity index is 847. The molecule has 1 saturated heterocycles. The van der Waals surface area contributed by atoms with Crippen LogP contribution in [0.3, 0.4) is 0 Å². The van der Waals surface area contributed by atoms with Crippen molar-refractivity contribution in [2.75, 3.05) is 19.7 Å². The predicted octanol–water partition coefficient (Wildman–Crippen LogP) is 1.72. The molecule has 0 N–H and O–H groups in total. The van der Waals surface area contributed by atoms with Crippen molar-refractivity contribution in [1.82, 2.24) is 14.7 Å². The molecule has 2 aromatic rings. The van der Waals surface area contributed by atoms with Crippen molar-refractivity contribution in [1.29, 1.82) is 0 Å². The fraction of sp³-hybridized carbons (Fsp3) is 0.450. The molecule has 26 heavy (non-hydrogen) atoms. The van der Waals surface area contributed by atoms with Crippen molar-refractivity contribution >= 4 is 5.91 Å². The Kier molecular flexibility index (Phi) is 4.84. The quantitative estimate of drug-likeness (QED) is 0.843. The second kappa shape index (κ2) is 7.41. The largest absolute Gasteiger partial charge is 0.370 e. The number of rotatable bonds is 3. The van der Waals surface area contributed by atoms with E-state index in [9.17, 15) is 9.59 Å². The first-order valence-corrected chi connectivity index (χ1v) is 9.25. The van der Waals surface area contributed by atoms with Crippen molar-refractivity contribution in [3.8, 4) is 0 Å². The molecule has 136 valence electrons. The number of aromatic nitrogens is 2. The Balaban J connectivity index is 1.47. The van der Waals surface area contributed by atoms with Gasteiger partial charge in [0, 0.05) is 12.6 Å². The fourth-order valence-corrected chi connectivity index (χ4v) is 3.69. The van der Waals surface area contributed by atoms with E-state index >= 15 is 0 Å². The van der Waals surface area contributed by atoms with Gasteiger partial charge in [0.1, 0.15) is 12.6 Å². The molecule has 4 rings (SSSR count). The third kappa shape index (κ3) is 3.55. The van der Waals surface area contributed by atoms with E-state index in [2.05, 4.69) is 5.10 Å². The molecule has 1 aromatic heterocycles. The predicted molar refractivity (Wildman–Crippen MR) is 96.9 cm³/mol. The molecule has 1 fully saturated rings. The average molecular weight is 353 g/mol. The number of aryl methyl sites for hydroxylation is 2. The van der Waals surface area contributed by atoms with Gasteiger partial charge in [-0.05, 0) is 36.8 Å². The number of nitrogens with zero attached hydrogens (tertiary/aromatic N) is 3. The lowest BCUT2D eigenvalue weighted by Gasteiger charge is -2.33. The second-order valence-electron chi connectivity index (χ2n) is 6.93. The lowest BCUT2D eigenvalue weighted by molar-refractivity contribution is -0.140. The second-order valence-corrected chi connectivity index (χ2v) is 6.93. The molecule has 1 amide bonds. The van der Waals surface area contributed by atoms with Gasteiger partial charge in [-0.15, -0.1) is 0 Å². The van der Waals surface area contributed by atoms with Crippen molar-refractivity contribution in [3.63, 3.8) is 0 Å². The van der Waals surface area contributed by atoms with Crippen molar-refractivity contribution in [2.24, 2.45) is 0 Å². The number of carbonyl (C=O) groups is 1. The van der Waals surface area contributed by atoms with Crippen LogP contribution in [0, 0.1) is 0 Å². The zero-order chi connectivity index (χ0) is 17.9. The molecule has 0 saturated carbocycles. The Morgan fingerprint density at radius 1 is 1.19 bits per heavy atom. The number of fused-ring (bicyclic) bond motifs is 1. The standard InChI is InChI=1S/C20H23N3O3/c24-19-12-16-8-4-5-9-17(16)21-23(19)14-20(25)22-10-11-26-18(13-22)15-6-2-1-3-7-15/h1-3,6-7,12,18H,4-5,8-11,13-14H2/t18-/m0/s1. The third-order valence-corrected chi connectivity index (χ3v) is 5.15. The summed E-state index contributed by atoms with van der Waals surface area (Å²) in [6.45, 7) is 1.54. The average Bonchev–Trinajstić information content (AvgIpc) is 2.69. The SMILES string of the molecule is O=C(Cn1nc2c(cc1=O)CCCC2)N1CCO[C@H](c2ccccc2)C1. The van der Waals surface area contributed by atoms with Gasteiger partial charge in [0.05, 0.1) is 18.8 Å². The smallest absolute Gasteiger partial charge is 0.267 e. The van der Waals surface area contributed by atoms with Gasteiger partial charge >= 0.3 is 0 Å². The monoisotopic (exact) mass is 353 g/mol. The molecule has 1 aromatic carbocycles. The van der Waals surface area contributed by atoms with Crippen molar-refractivity contribution in [3.05, 3.63) is 63.6 Å². The number of morpholine rings is 1. The Hall–Kier alpha value is -2.47. The summed E-state index contributed by atoms with van der Waals surface area (Å²) in [7, 11) is 0. The number of hydrogen-bond acceptors (Lipinski definition) is 4. The van der Waals surface area contributed by atoms with E-state index in [1.807, 2.05) is 30.3 Å². The lowest BCUT2D eigenvalue weighted by Crippen LogP contribution is -2.45. The highest BCUT2D eigenvalue weighted by atomic mass is 16.5. The van der Waals surface area contributed by atoms with E-state index < -0.39 is 0 Å². The summed E-state index contributed by atoms with van der Waals surface area (Å²) in [5.74, 6) is -0.0837. The maximum absolute atomic E-state index is 12.7. The van der Waals surface area contributed by atoms with Crippen LogP contribution in [0.15, 0.2) is 41.2 Å². The van der Waals surface area contributed by atoms with Crippen molar-refractivity contribution in [2.45, 2.75) is 38.3 Å². The van der Waals surface area contributed by atoms with E-state index in [-0.39, 0.29) is 24.1 Å². The maximum Gasteiger partial charge on any atom is 0.267 e. The van der Waals surface area contributed by atoms with E-state index in [4.69, 9.17) is 4.74 Å². The van der Waals surface area contributed by atoms with Gasteiger partial charge in [-0.25, -0.2) is 4.68 Å². The van der Waals surface area contributed by atoms with Gasteiger partial charge in [-0.3, -0.25) is 9.59 Å². The summed E-state index contributed by atoms with van der Waals surface area (Å²) >= 11 is 0. The van der Waals surface area contributed by atoms with Gasteiger partial charge in [-0.2, -0.15) is 5.10 Å². The first-order chi connectivity index (χ1) is 12.7. The molecule has 2 heterocycles. The lowest BCUT2D eigenvalue weighted by atomic mass is 9.97. The topological polar surface area (TPSA) is 64.4 Å². The minimum Gasteiger partial charge on any atom is -0.370 e. The summed E-state index contributed by atoms with van der Waals surface area (Å²) in [6.07, 6.45) is 3.87. The minimum absolute atomic E-state index is 0.00633. The fourth-order valence-electron chi connectivity index (χ4n) is 3.69. The molecular weight excluding hydrogens is 330 g/mol. The van der Waals surface area contributed by atoms with Crippen LogP contribution in [0.5, 0.6) is 0 Å². The summed E-state index contributed by atoms with van der Waals surface area (Å²) in [5.41, 5.74) is 2.88. The number of carbonyl (C=O) groups excluding carboxylic acids is 1. The summed E-state index contributed by atoms with van der Waals surface area (Å²) < 4.78 is 7.13. The zero-order valence-corrected chi connectivity index (χ0v) is 14.8. The summed E-state index contributed by atoms with van der Waals surface area (Å²) in [4.78, 5) is 26.8. The minimum atomic E-state index is -0.188. The Morgan fingerprint density at radius 2 is 2.00 bits per heavy atom. The van der Waals surface area contributed by atoms with E-state index in [1.54, 1.807) is 11.0 Å². The molecular formula is C20H23N3O3. The third-order valence-electron chi connectivity index (χ3n) is 5.15. The first-order valence-electron chi connectivity index (χ1n) is 9.25. The van der Waals surface area contributed by atoms with Crippen LogP contribution in [0.25, 0.3) is 0 Å². The van der Waals surface area contributed by atoms with Crippen LogP contribution >= 0.6 is 0 Å². The molecule has 1 aliphatic carbocycles. The van der Waals surface area contributed by atoms with Gasteiger partial charge in [0.25, 0.3) is 5.56 Å². The van der Waals surface area contributed by atoms with Gasteiger partial charge in [-0.1, -0.05) is 30.3 Å². The molecule has 6 nitrogen and oxygen atoms in total. The normalized spacial score (nSPS) is 19.8. The molecule has 1 atom stereocenters. The Labute approximate surface area is 152 Å². The van der Waals surface area contributed by atoms with Crippen LogP contribution in [-0.2, 0) is 28.9 Å². The van der Waals surface area contributed by atoms with E-state index in [0.717, 1.165) is 42.5 Å². The van der Waals surface area contributed by atoms with Crippen LogP contribution in [0.1, 0.15) is 35.8 Å². The van der Waals surface area contributed by atoms with Crippen LogP contribution in [0.2, 0.25) is 0 Å². The summed E-state index contributed by atoms with van der Waals surface area (Å²) in [5, 5.41) is 4.45. The highest BCUT2D eigenvalue weighted by Crippen LogP contribution is 2.22. The van der Waals surface area contributed by atoms with Crippen LogP contribution < -0.4 is 5.56 Å². The van der Waals surface area contributed by atoms with Gasteiger partial charge in [0.15, 0.2) is 0 Å². The molecule has 2 aliphatic rings. The number of amides is 1. The van der Waals surface area contributed by atoms with E-state index in [1.165, 1.54) is 4.68 Å². The number of benzene rings is 1. The molecule has 0 bridgehead atoms. The summed E-state index contributed by atoms with van der Waals surface area (Å²) in [6, 6.07) is 11.6. The molecule has 0 unspecified atom stereocenters. The van der Waals surface area contributed by atoms with Crippen molar-refractivity contribution < 1.29 is 9.53 Å². The van der Waals surface area contributed by atoms with Crippen LogP contribution in [-0.4, -0.2) is 40.3 Å². The Morgan fingerprint density at radius 3 is 2.85 bits per heavy atom. The highest BCUT2D eigenvalue weighted by Gasteiger charge is 2.26. The molecule has 1 aliphatic heterocycles. The van der Waals surface area contributed by atoms with E-state index in [0.29, 0.717) is 19.7 Å².